The van der Waals surface area contributed by atoms with Crippen molar-refractivity contribution < 1.29 is 9.59 Å². The van der Waals surface area contributed by atoms with Crippen LogP contribution in [0.1, 0.15) is 67.2 Å². The van der Waals surface area contributed by atoms with Gasteiger partial charge < -0.3 is 16.4 Å². The molecule has 0 radical (unpaired) electrons. The summed E-state index contributed by atoms with van der Waals surface area (Å²) in [6, 6.07) is 0. The maximum Gasteiger partial charge on any atom is 0.233 e. The van der Waals surface area contributed by atoms with E-state index in [0.717, 1.165) is 25.7 Å². The first-order valence-corrected chi connectivity index (χ1v) is 8.72. The molecule has 5 nitrogen and oxygen atoms in total. The van der Waals surface area contributed by atoms with E-state index in [9.17, 15) is 9.59 Å². The Kier molecular flexibility index (Phi) is 9.44. The lowest BCUT2D eigenvalue weighted by Gasteiger charge is -2.34. The summed E-state index contributed by atoms with van der Waals surface area (Å²) in [5.41, 5.74) is 5.31. The quantitative estimate of drug-likeness (QED) is 0.569. The van der Waals surface area contributed by atoms with E-state index in [4.69, 9.17) is 5.73 Å². The standard InChI is InChI=1S/C18H37N3O2/c1-17(2,3)12-14(18(4,5)6)16(23)21-11-9-7-8-10-20-15(22)13-19/h14H,7-13,19H2,1-6H3,(H,20,22)(H,21,23). The third kappa shape index (κ3) is 11.1. The Morgan fingerprint density at radius 3 is 1.87 bits per heavy atom. The van der Waals surface area contributed by atoms with Crippen molar-refractivity contribution >= 4 is 11.8 Å². The van der Waals surface area contributed by atoms with Gasteiger partial charge in [0.1, 0.15) is 0 Å². The number of nitrogens with two attached hydrogens (primary N) is 1. The van der Waals surface area contributed by atoms with Crippen LogP contribution in [0.3, 0.4) is 0 Å². The Labute approximate surface area is 142 Å². The molecule has 0 spiro atoms. The minimum absolute atomic E-state index is 0.0198. The van der Waals surface area contributed by atoms with E-state index in [2.05, 4.69) is 52.2 Å². The third-order valence-corrected chi connectivity index (χ3v) is 3.84. The van der Waals surface area contributed by atoms with Gasteiger partial charge in [0, 0.05) is 19.0 Å². The molecule has 23 heavy (non-hydrogen) atoms. The van der Waals surface area contributed by atoms with Gasteiger partial charge in [0.05, 0.1) is 6.54 Å². The molecule has 0 bridgehead atoms. The predicted octanol–water partition coefficient (Wildman–Crippen LogP) is 2.45. The highest BCUT2D eigenvalue weighted by Gasteiger charge is 2.34. The van der Waals surface area contributed by atoms with Crippen LogP contribution < -0.4 is 16.4 Å². The van der Waals surface area contributed by atoms with Gasteiger partial charge in [-0.05, 0) is 36.5 Å². The number of carbonyl (C=O) groups is 2. The Hall–Kier alpha value is -1.10. The normalized spacial score (nSPS) is 13.5. The van der Waals surface area contributed by atoms with E-state index in [-0.39, 0.29) is 35.1 Å². The summed E-state index contributed by atoms with van der Waals surface area (Å²) >= 11 is 0. The van der Waals surface area contributed by atoms with E-state index in [1.54, 1.807) is 0 Å². The zero-order valence-electron chi connectivity index (χ0n) is 15.9. The lowest BCUT2D eigenvalue weighted by molar-refractivity contribution is -0.129. The summed E-state index contributed by atoms with van der Waals surface area (Å²) in [4.78, 5) is 23.5. The summed E-state index contributed by atoms with van der Waals surface area (Å²) in [5, 5.41) is 5.82. The number of rotatable bonds is 9. The summed E-state index contributed by atoms with van der Waals surface area (Å²) in [6.07, 6.45) is 3.70. The van der Waals surface area contributed by atoms with Crippen molar-refractivity contribution in [2.45, 2.75) is 67.2 Å². The van der Waals surface area contributed by atoms with Gasteiger partial charge in [-0.25, -0.2) is 0 Å². The van der Waals surface area contributed by atoms with Crippen molar-refractivity contribution in [1.29, 1.82) is 0 Å². The molecule has 0 saturated heterocycles. The first-order chi connectivity index (χ1) is 10.5. The molecule has 0 heterocycles. The molecule has 0 aliphatic rings. The lowest BCUT2D eigenvalue weighted by Crippen LogP contribution is -2.40. The fourth-order valence-electron chi connectivity index (χ4n) is 2.47. The predicted molar refractivity (Wildman–Crippen MR) is 95.9 cm³/mol. The lowest BCUT2D eigenvalue weighted by atomic mass is 9.71. The van der Waals surface area contributed by atoms with Crippen LogP contribution in [-0.4, -0.2) is 31.4 Å². The highest BCUT2D eigenvalue weighted by Crippen LogP contribution is 2.36. The van der Waals surface area contributed by atoms with Gasteiger partial charge in [0.2, 0.25) is 11.8 Å². The molecule has 0 aromatic carbocycles. The van der Waals surface area contributed by atoms with Crippen molar-refractivity contribution in [3.05, 3.63) is 0 Å². The molecule has 4 N–H and O–H groups in total. The zero-order chi connectivity index (χ0) is 18.1. The number of carbonyl (C=O) groups excluding carboxylic acids is 2. The number of nitrogens with one attached hydrogen (secondary N) is 2. The third-order valence-electron chi connectivity index (χ3n) is 3.84. The molecule has 0 saturated carbocycles. The average molecular weight is 328 g/mol. The average Bonchev–Trinajstić information content (AvgIpc) is 2.41. The minimum Gasteiger partial charge on any atom is -0.356 e. The van der Waals surface area contributed by atoms with E-state index in [0.29, 0.717) is 13.1 Å². The van der Waals surface area contributed by atoms with Crippen LogP contribution in [0.5, 0.6) is 0 Å². The monoisotopic (exact) mass is 327 g/mol. The number of unbranched alkanes of at least 4 members (excludes halogenated alkanes) is 2. The van der Waals surface area contributed by atoms with Crippen molar-refractivity contribution in [1.82, 2.24) is 10.6 Å². The smallest absolute Gasteiger partial charge is 0.233 e. The van der Waals surface area contributed by atoms with E-state index in [1.165, 1.54) is 0 Å². The maximum absolute atomic E-state index is 12.5. The van der Waals surface area contributed by atoms with E-state index >= 15 is 0 Å². The molecular weight excluding hydrogens is 290 g/mol. The van der Waals surface area contributed by atoms with Crippen LogP contribution in [0.4, 0.5) is 0 Å². The minimum atomic E-state index is -0.117. The fraction of sp³-hybridized carbons (Fsp3) is 0.889. The highest BCUT2D eigenvalue weighted by molar-refractivity contribution is 5.79. The van der Waals surface area contributed by atoms with Gasteiger partial charge in [-0.1, -0.05) is 41.5 Å². The van der Waals surface area contributed by atoms with Crippen molar-refractivity contribution in [3.63, 3.8) is 0 Å². The SMILES string of the molecule is CC(C)(C)CC(C(=O)NCCCCCNC(=O)CN)C(C)(C)C. The Morgan fingerprint density at radius 2 is 1.43 bits per heavy atom. The molecule has 0 aliphatic heterocycles. The van der Waals surface area contributed by atoms with Gasteiger partial charge in [0.15, 0.2) is 0 Å². The second-order valence-corrected chi connectivity index (χ2v) is 8.59. The van der Waals surface area contributed by atoms with Gasteiger partial charge in [-0.15, -0.1) is 0 Å². The molecule has 0 aromatic heterocycles. The molecule has 2 amide bonds. The maximum atomic E-state index is 12.5. The molecule has 1 atom stereocenters. The Morgan fingerprint density at radius 1 is 0.913 bits per heavy atom. The molecule has 0 fully saturated rings. The van der Waals surface area contributed by atoms with Crippen LogP contribution in [0, 0.1) is 16.7 Å². The number of hydrogen-bond donors (Lipinski definition) is 3. The van der Waals surface area contributed by atoms with Crippen molar-refractivity contribution in [2.75, 3.05) is 19.6 Å². The highest BCUT2D eigenvalue weighted by atomic mass is 16.2. The molecular formula is C18H37N3O2. The van der Waals surface area contributed by atoms with Gasteiger partial charge in [-0.2, -0.15) is 0 Å². The molecule has 5 heteroatoms. The van der Waals surface area contributed by atoms with Gasteiger partial charge >= 0.3 is 0 Å². The molecule has 136 valence electrons. The Bertz CT molecular complexity index is 367. The van der Waals surface area contributed by atoms with Gasteiger partial charge in [0.25, 0.3) is 0 Å². The molecule has 0 aromatic rings. The van der Waals surface area contributed by atoms with Crippen LogP contribution in [0.15, 0.2) is 0 Å². The second-order valence-electron chi connectivity index (χ2n) is 8.59. The van der Waals surface area contributed by atoms with Crippen LogP contribution >= 0.6 is 0 Å². The first-order valence-electron chi connectivity index (χ1n) is 8.72. The zero-order valence-corrected chi connectivity index (χ0v) is 15.9. The van der Waals surface area contributed by atoms with Gasteiger partial charge in [-0.3, -0.25) is 9.59 Å². The molecule has 0 aliphatic carbocycles. The van der Waals surface area contributed by atoms with Crippen LogP contribution in [-0.2, 0) is 9.59 Å². The molecule has 0 rings (SSSR count). The van der Waals surface area contributed by atoms with Crippen LogP contribution in [0.2, 0.25) is 0 Å². The van der Waals surface area contributed by atoms with Crippen molar-refractivity contribution in [2.24, 2.45) is 22.5 Å². The van der Waals surface area contributed by atoms with Crippen LogP contribution in [0.25, 0.3) is 0 Å². The number of amides is 2. The van der Waals surface area contributed by atoms with Crippen molar-refractivity contribution in [3.8, 4) is 0 Å². The molecule has 1 unspecified atom stereocenters. The summed E-state index contributed by atoms with van der Waals surface area (Å²) in [5.74, 6) is 0.0590. The fourth-order valence-corrected chi connectivity index (χ4v) is 2.47. The largest absolute Gasteiger partial charge is 0.356 e. The van der Waals surface area contributed by atoms with E-state index < -0.39 is 0 Å². The second kappa shape index (κ2) is 9.91. The summed E-state index contributed by atoms with van der Waals surface area (Å²) in [7, 11) is 0. The number of hydrogen-bond acceptors (Lipinski definition) is 3. The topological polar surface area (TPSA) is 84.2 Å². The first kappa shape index (κ1) is 21.9. The Balaban J connectivity index is 4.08. The summed E-state index contributed by atoms with van der Waals surface area (Å²) < 4.78 is 0. The summed E-state index contributed by atoms with van der Waals surface area (Å²) in [6.45, 7) is 14.3. The van der Waals surface area contributed by atoms with E-state index in [1.807, 2.05) is 0 Å².